The van der Waals surface area contributed by atoms with Crippen molar-refractivity contribution in [1.29, 1.82) is 0 Å². The van der Waals surface area contributed by atoms with Crippen molar-refractivity contribution in [3.63, 3.8) is 0 Å². The highest BCUT2D eigenvalue weighted by molar-refractivity contribution is 7.27. The largest absolute Gasteiger partial charge is 0.106 e. The van der Waals surface area contributed by atoms with Gasteiger partial charge in [-0.25, -0.2) is 0 Å². The van der Waals surface area contributed by atoms with E-state index in [9.17, 15) is 0 Å². The van der Waals surface area contributed by atoms with Gasteiger partial charge in [0, 0.05) is 0 Å². The van der Waals surface area contributed by atoms with Crippen molar-refractivity contribution in [3.05, 3.63) is 29.3 Å². The zero-order chi connectivity index (χ0) is 11.9. The van der Waals surface area contributed by atoms with E-state index < -0.39 is 0 Å². The van der Waals surface area contributed by atoms with Crippen molar-refractivity contribution in [2.75, 3.05) is 0 Å². The van der Waals surface area contributed by atoms with Crippen molar-refractivity contribution < 1.29 is 0 Å². The fraction of sp³-hybridized carbons (Fsp3) is 0.571. The van der Waals surface area contributed by atoms with Crippen LogP contribution in [0.5, 0.6) is 0 Å². The van der Waals surface area contributed by atoms with Crippen LogP contribution in [0.25, 0.3) is 0 Å². The maximum atomic E-state index is 2.81. The lowest BCUT2D eigenvalue weighted by Gasteiger charge is -2.25. The molecule has 15 heavy (non-hydrogen) atoms. The lowest BCUT2D eigenvalue weighted by atomic mass is 9.81. The van der Waals surface area contributed by atoms with E-state index in [1.54, 1.807) is 0 Å². The Hall–Kier alpha value is -0.350. The Morgan fingerprint density at radius 1 is 0.733 bits per heavy atom. The quantitative estimate of drug-likeness (QED) is 0.586. The van der Waals surface area contributed by atoms with Crippen LogP contribution in [0.15, 0.2) is 18.2 Å². The smallest absolute Gasteiger partial charge is 0.0132 e. The Labute approximate surface area is 96.7 Å². The van der Waals surface area contributed by atoms with Gasteiger partial charge in [-0.3, -0.25) is 0 Å². The average Bonchev–Trinajstić information content (AvgIpc) is 1.99. The summed E-state index contributed by atoms with van der Waals surface area (Å²) >= 11 is 0. The van der Waals surface area contributed by atoms with Gasteiger partial charge < -0.3 is 0 Å². The Kier molecular flexibility index (Phi) is 3.31. The van der Waals surface area contributed by atoms with Crippen LogP contribution in [-0.2, 0) is 10.8 Å². The molecule has 0 heterocycles. The van der Waals surface area contributed by atoms with Crippen molar-refractivity contribution >= 4 is 14.5 Å². The van der Waals surface area contributed by atoms with Crippen LogP contribution in [0.3, 0.4) is 0 Å². The zero-order valence-electron chi connectivity index (χ0n) is 10.8. The molecule has 0 aliphatic carbocycles. The predicted octanol–water partition coefficient (Wildman–Crippen LogP) is 3.78. The molecule has 0 fully saturated rings. The first-order valence-corrected chi connectivity index (χ1v) is 6.10. The van der Waals surface area contributed by atoms with Crippen molar-refractivity contribution in [2.45, 2.75) is 52.4 Å². The molecule has 1 atom stereocenters. The second-order valence-electron chi connectivity index (χ2n) is 6.34. The molecule has 0 spiro atoms. The summed E-state index contributed by atoms with van der Waals surface area (Å²) in [6, 6.07) is 6.87. The number of benzene rings is 1. The lowest BCUT2D eigenvalue weighted by molar-refractivity contribution is 0.569. The van der Waals surface area contributed by atoms with Gasteiger partial charge in [-0.05, 0) is 27.3 Å². The summed E-state index contributed by atoms with van der Waals surface area (Å²) in [7, 11) is 2.81. The SMILES string of the molecule is CC(C)(C)c1cc(P)cc(C(C)(C)C)c1. The topological polar surface area (TPSA) is 0 Å². The van der Waals surface area contributed by atoms with E-state index >= 15 is 0 Å². The van der Waals surface area contributed by atoms with Crippen LogP contribution in [-0.4, -0.2) is 0 Å². The summed E-state index contributed by atoms with van der Waals surface area (Å²) in [5, 5.41) is 1.28. The molecule has 0 aliphatic rings. The Morgan fingerprint density at radius 2 is 1.07 bits per heavy atom. The third kappa shape index (κ3) is 3.31. The Morgan fingerprint density at radius 3 is 1.33 bits per heavy atom. The van der Waals surface area contributed by atoms with Gasteiger partial charge in [0.2, 0.25) is 0 Å². The minimum absolute atomic E-state index is 0.229. The minimum atomic E-state index is 0.229. The molecular formula is C14H23P. The van der Waals surface area contributed by atoms with Crippen LogP contribution < -0.4 is 5.30 Å². The summed E-state index contributed by atoms with van der Waals surface area (Å²) in [6.07, 6.45) is 0. The maximum Gasteiger partial charge on any atom is -0.0132 e. The van der Waals surface area contributed by atoms with Crippen LogP contribution in [0.4, 0.5) is 0 Å². The molecular weight excluding hydrogens is 199 g/mol. The minimum Gasteiger partial charge on any atom is -0.106 e. The summed E-state index contributed by atoms with van der Waals surface area (Å²) in [6.45, 7) is 13.6. The molecule has 1 unspecified atom stereocenters. The van der Waals surface area contributed by atoms with Crippen LogP contribution in [0, 0.1) is 0 Å². The standard InChI is InChI=1S/C14H23P/c1-13(2,3)10-7-11(14(4,5)6)9-12(15)8-10/h7-9H,15H2,1-6H3. The van der Waals surface area contributed by atoms with Crippen LogP contribution in [0.2, 0.25) is 0 Å². The van der Waals surface area contributed by atoms with Gasteiger partial charge in [0.05, 0.1) is 0 Å². The van der Waals surface area contributed by atoms with E-state index in [-0.39, 0.29) is 10.8 Å². The van der Waals surface area contributed by atoms with Gasteiger partial charge >= 0.3 is 0 Å². The molecule has 0 aliphatic heterocycles. The van der Waals surface area contributed by atoms with E-state index in [0.717, 1.165) is 0 Å². The predicted molar refractivity (Wildman–Crippen MR) is 73.2 cm³/mol. The Balaban J connectivity index is 3.30. The van der Waals surface area contributed by atoms with E-state index in [2.05, 4.69) is 69.0 Å². The molecule has 84 valence electrons. The van der Waals surface area contributed by atoms with Gasteiger partial charge in [-0.15, -0.1) is 9.24 Å². The van der Waals surface area contributed by atoms with Gasteiger partial charge in [0.25, 0.3) is 0 Å². The highest BCUT2D eigenvalue weighted by Crippen LogP contribution is 2.28. The van der Waals surface area contributed by atoms with Crippen LogP contribution >= 0.6 is 9.24 Å². The number of hydrogen-bond acceptors (Lipinski definition) is 0. The molecule has 1 heteroatoms. The molecule has 0 saturated heterocycles. The first-order valence-electron chi connectivity index (χ1n) is 5.52. The zero-order valence-corrected chi connectivity index (χ0v) is 12.0. The average molecular weight is 222 g/mol. The number of rotatable bonds is 0. The summed E-state index contributed by atoms with van der Waals surface area (Å²) in [5.41, 5.74) is 3.29. The molecule has 0 saturated carbocycles. The van der Waals surface area contributed by atoms with Gasteiger partial charge in [0.1, 0.15) is 0 Å². The Bertz CT molecular complexity index is 318. The summed E-state index contributed by atoms with van der Waals surface area (Å²) in [5.74, 6) is 0. The fourth-order valence-corrected chi connectivity index (χ4v) is 1.88. The van der Waals surface area contributed by atoms with Crippen molar-refractivity contribution in [3.8, 4) is 0 Å². The summed E-state index contributed by atoms with van der Waals surface area (Å²) in [4.78, 5) is 0. The number of hydrogen-bond donors (Lipinski definition) is 0. The van der Waals surface area contributed by atoms with Crippen LogP contribution in [0.1, 0.15) is 52.7 Å². The second kappa shape index (κ2) is 3.91. The van der Waals surface area contributed by atoms with Gasteiger partial charge in [-0.2, -0.15) is 0 Å². The maximum absolute atomic E-state index is 2.81. The normalized spacial score (nSPS) is 13.0. The molecule has 1 aromatic rings. The third-order valence-corrected chi connectivity index (χ3v) is 3.02. The molecule has 0 nitrogen and oxygen atoms in total. The van der Waals surface area contributed by atoms with E-state index in [0.29, 0.717) is 0 Å². The van der Waals surface area contributed by atoms with E-state index in [1.807, 2.05) is 0 Å². The molecule has 0 N–H and O–H groups in total. The second-order valence-corrected chi connectivity index (χ2v) is 7.01. The van der Waals surface area contributed by atoms with Crippen molar-refractivity contribution in [1.82, 2.24) is 0 Å². The van der Waals surface area contributed by atoms with Gasteiger partial charge in [-0.1, -0.05) is 59.7 Å². The molecule has 0 aromatic heterocycles. The molecule has 0 amide bonds. The molecule has 0 radical (unpaired) electrons. The first-order chi connectivity index (χ1) is 6.60. The lowest BCUT2D eigenvalue weighted by Crippen LogP contribution is -2.18. The molecule has 0 bridgehead atoms. The fourth-order valence-electron chi connectivity index (χ4n) is 1.52. The third-order valence-electron chi connectivity index (χ3n) is 2.69. The monoisotopic (exact) mass is 222 g/mol. The highest BCUT2D eigenvalue weighted by Gasteiger charge is 2.19. The summed E-state index contributed by atoms with van der Waals surface area (Å²) < 4.78 is 0. The highest BCUT2D eigenvalue weighted by atomic mass is 31.0. The first kappa shape index (κ1) is 12.7. The van der Waals surface area contributed by atoms with E-state index in [4.69, 9.17) is 0 Å². The van der Waals surface area contributed by atoms with Crippen molar-refractivity contribution in [2.24, 2.45) is 0 Å². The van der Waals surface area contributed by atoms with Gasteiger partial charge in [0.15, 0.2) is 0 Å². The van der Waals surface area contributed by atoms with E-state index in [1.165, 1.54) is 16.4 Å². The molecule has 1 aromatic carbocycles. The molecule has 1 rings (SSSR count).